The fourth-order valence-corrected chi connectivity index (χ4v) is 2.35. The first kappa shape index (κ1) is 19.8. The van der Waals surface area contributed by atoms with Gasteiger partial charge < -0.3 is 15.2 Å². The molecule has 24 heavy (non-hydrogen) atoms. The summed E-state index contributed by atoms with van der Waals surface area (Å²) in [6.45, 7) is 5.69. The van der Waals surface area contributed by atoms with Gasteiger partial charge in [0, 0.05) is 22.3 Å². The summed E-state index contributed by atoms with van der Waals surface area (Å²) in [5.41, 5.74) is -0.327. The van der Waals surface area contributed by atoms with Crippen molar-refractivity contribution in [3.63, 3.8) is 0 Å². The fraction of sp³-hybridized carbons (Fsp3) is 0.529. The minimum atomic E-state index is -1.78. The van der Waals surface area contributed by atoms with E-state index >= 15 is 0 Å². The molecule has 0 radical (unpaired) electrons. The molecule has 0 saturated heterocycles. The van der Waals surface area contributed by atoms with Crippen molar-refractivity contribution in [2.75, 3.05) is 13.7 Å². The molecule has 1 atom stereocenters. The maximum absolute atomic E-state index is 12.3. The van der Waals surface area contributed by atoms with E-state index in [-0.39, 0.29) is 31.0 Å². The quantitative estimate of drug-likeness (QED) is 0.543. The molecule has 132 valence electrons. The van der Waals surface area contributed by atoms with Crippen LogP contribution in [-0.2, 0) is 23.9 Å². The van der Waals surface area contributed by atoms with Crippen LogP contribution in [0, 0.1) is 0 Å². The Morgan fingerprint density at radius 2 is 1.62 bits per heavy atom. The van der Waals surface area contributed by atoms with Crippen LogP contribution in [0.2, 0.25) is 0 Å². The molecule has 1 aliphatic carbocycles. The average molecular weight is 337 g/mol. The zero-order valence-corrected chi connectivity index (χ0v) is 14.6. The van der Waals surface area contributed by atoms with E-state index < -0.39 is 17.5 Å². The van der Waals surface area contributed by atoms with Crippen LogP contribution in [0.15, 0.2) is 22.3 Å². The van der Waals surface area contributed by atoms with Crippen molar-refractivity contribution in [1.29, 1.82) is 0 Å². The van der Waals surface area contributed by atoms with Crippen molar-refractivity contribution in [3.05, 3.63) is 22.3 Å². The summed E-state index contributed by atoms with van der Waals surface area (Å²) in [4.78, 5) is 47.4. The van der Waals surface area contributed by atoms with E-state index in [2.05, 4.69) is 10.1 Å². The van der Waals surface area contributed by atoms with Crippen LogP contribution in [0.25, 0.3) is 0 Å². The number of carbonyl (C=O) groups is 4. The van der Waals surface area contributed by atoms with Crippen molar-refractivity contribution >= 4 is 23.4 Å². The van der Waals surface area contributed by atoms with Gasteiger partial charge in [-0.1, -0.05) is 0 Å². The van der Waals surface area contributed by atoms with Crippen LogP contribution in [-0.4, -0.2) is 47.8 Å². The molecule has 0 bridgehead atoms. The topological polar surface area (TPSA) is 110 Å². The molecule has 0 aromatic carbocycles. The Hall–Kier alpha value is -2.28. The Labute approximate surface area is 140 Å². The summed E-state index contributed by atoms with van der Waals surface area (Å²) in [6.07, 6.45) is 0.0255. The number of amides is 1. The predicted molar refractivity (Wildman–Crippen MR) is 86.0 cm³/mol. The van der Waals surface area contributed by atoms with Gasteiger partial charge >= 0.3 is 5.97 Å². The maximum atomic E-state index is 12.3. The molecule has 0 aliphatic heterocycles. The molecule has 1 rings (SSSR count). The zero-order valence-electron chi connectivity index (χ0n) is 14.6. The van der Waals surface area contributed by atoms with Gasteiger partial charge in [0.15, 0.2) is 11.6 Å². The lowest BCUT2D eigenvalue weighted by Gasteiger charge is -2.24. The Bertz CT molecular complexity index is 654. The van der Waals surface area contributed by atoms with E-state index in [1.807, 2.05) is 0 Å². The standard InChI is InChI=1S/C17H23NO6/c1-9-10(2)15(21)12(11(3)14(9)20)6-7-17(4,23)16(22)18-8-13(19)24-5/h23H,6-8H2,1-5H3,(H,18,22). The number of methoxy groups -OCH3 is 1. The third kappa shape index (κ3) is 4.17. The van der Waals surface area contributed by atoms with Gasteiger partial charge in [0.25, 0.3) is 5.91 Å². The number of nitrogens with one attached hydrogen (secondary N) is 1. The van der Waals surface area contributed by atoms with E-state index in [1.54, 1.807) is 20.8 Å². The minimum Gasteiger partial charge on any atom is -0.468 e. The van der Waals surface area contributed by atoms with Gasteiger partial charge in [-0.2, -0.15) is 0 Å². The summed E-state index contributed by atoms with van der Waals surface area (Å²) in [6, 6.07) is 0. The Balaban J connectivity index is 2.80. The van der Waals surface area contributed by atoms with Gasteiger partial charge in [0.05, 0.1) is 7.11 Å². The zero-order chi connectivity index (χ0) is 18.7. The van der Waals surface area contributed by atoms with Gasteiger partial charge in [-0.25, -0.2) is 0 Å². The van der Waals surface area contributed by atoms with Gasteiger partial charge in [0.2, 0.25) is 0 Å². The highest BCUT2D eigenvalue weighted by Crippen LogP contribution is 2.28. The number of hydrogen-bond acceptors (Lipinski definition) is 6. The molecule has 1 unspecified atom stereocenters. The molecular weight excluding hydrogens is 314 g/mol. The second-order valence-electron chi connectivity index (χ2n) is 6.04. The predicted octanol–water partition coefficient (Wildman–Crippen LogP) is 0.611. The molecule has 0 aromatic heterocycles. The maximum Gasteiger partial charge on any atom is 0.325 e. The van der Waals surface area contributed by atoms with Gasteiger partial charge in [-0.05, 0) is 40.5 Å². The van der Waals surface area contributed by atoms with Crippen LogP contribution in [0.3, 0.4) is 0 Å². The lowest BCUT2D eigenvalue weighted by atomic mass is 9.82. The number of ether oxygens (including phenoxy) is 1. The lowest BCUT2D eigenvalue weighted by Crippen LogP contribution is -2.46. The second-order valence-corrected chi connectivity index (χ2v) is 6.04. The Morgan fingerprint density at radius 1 is 1.08 bits per heavy atom. The molecular formula is C17H23NO6. The van der Waals surface area contributed by atoms with Crippen LogP contribution >= 0.6 is 0 Å². The molecule has 1 aliphatic rings. The number of aliphatic hydroxyl groups is 1. The minimum absolute atomic E-state index is 0.0575. The molecule has 0 saturated carbocycles. The van der Waals surface area contributed by atoms with Gasteiger partial charge in [-0.3, -0.25) is 19.2 Å². The van der Waals surface area contributed by atoms with E-state index in [1.165, 1.54) is 14.0 Å². The number of ketones is 2. The van der Waals surface area contributed by atoms with Crippen LogP contribution in [0.4, 0.5) is 0 Å². The van der Waals surface area contributed by atoms with Crippen molar-refractivity contribution in [2.24, 2.45) is 0 Å². The largest absolute Gasteiger partial charge is 0.468 e. The molecule has 0 fully saturated rings. The highest BCUT2D eigenvalue weighted by atomic mass is 16.5. The smallest absolute Gasteiger partial charge is 0.325 e. The number of esters is 1. The van der Waals surface area contributed by atoms with Crippen molar-refractivity contribution < 1.29 is 29.0 Å². The number of allylic oxidation sites excluding steroid dienone is 4. The van der Waals surface area contributed by atoms with Crippen molar-refractivity contribution in [3.8, 4) is 0 Å². The normalized spacial score (nSPS) is 17.8. The molecule has 7 nitrogen and oxygen atoms in total. The third-order valence-electron chi connectivity index (χ3n) is 4.28. The van der Waals surface area contributed by atoms with Gasteiger partial charge in [0.1, 0.15) is 12.1 Å². The lowest BCUT2D eigenvalue weighted by molar-refractivity contribution is -0.145. The molecule has 7 heteroatoms. The first-order valence-corrected chi connectivity index (χ1v) is 7.57. The molecule has 0 spiro atoms. The Kier molecular flexibility index (Phi) is 6.20. The van der Waals surface area contributed by atoms with Crippen LogP contribution < -0.4 is 5.32 Å². The summed E-state index contributed by atoms with van der Waals surface area (Å²) in [7, 11) is 1.19. The highest BCUT2D eigenvalue weighted by Gasteiger charge is 2.33. The number of hydrogen-bond donors (Lipinski definition) is 2. The third-order valence-corrected chi connectivity index (χ3v) is 4.28. The molecule has 0 aromatic rings. The summed E-state index contributed by atoms with van der Waals surface area (Å²) >= 11 is 0. The van der Waals surface area contributed by atoms with Gasteiger partial charge in [-0.15, -0.1) is 0 Å². The SMILES string of the molecule is COC(=O)CNC(=O)C(C)(O)CCC1=C(C)C(=O)C(C)=C(C)C1=O. The summed E-state index contributed by atoms with van der Waals surface area (Å²) < 4.78 is 4.40. The number of carbonyl (C=O) groups excluding carboxylic acids is 4. The first-order valence-electron chi connectivity index (χ1n) is 7.57. The van der Waals surface area contributed by atoms with E-state index in [4.69, 9.17) is 0 Å². The monoisotopic (exact) mass is 337 g/mol. The first-order chi connectivity index (χ1) is 11.0. The van der Waals surface area contributed by atoms with Crippen LogP contribution in [0.5, 0.6) is 0 Å². The molecule has 2 N–H and O–H groups in total. The highest BCUT2D eigenvalue weighted by molar-refractivity contribution is 6.24. The van der Waals surface area contributed by atoms with Crippen molar-refractivity contribution in [2.45, 2.75) is 46.1 Å². The van der Waals surface area contributed by atoms with E-state index in [9.17, 15) is 24.3 Å². The van der Waals surface area contributed by atoms with Crippen molar-refractivity contribution in [1.82, 2.24) is 5.32 Å². The summed E-state index contributed by atoms with van der Waals surface area (Å²) in [5.74, 6) is -1.82. The van der Waals surface area contributed by atoms with Crippen LogP contribution in [0.1, 0.15) is 40.5 Å². The average Bonchev–Trinajstić information content (AvgIpc) is 2.55. The Morgan fingerprint density at radius 3 is 2.17 bits per heavy atom. The number of Topliss-reactive ketones (excluding diaryl/α,β-unsaturated/α-hetero) is 2. The second kappa shape index (κ2) is 7.53. The number of rotatable bonds is 6. The van der Waals surface area contributed by atoms with E-state index in [0.717, 1.165) is 0 Å². The fourth-order valence-electron chi connectivity index (χ4n) is 2.35. The molecule has 0 heterocycles. The van der Waals surface area contributed by atoms with E-state index in [0.29, 0.717) is 22.3 Å². The summed E-state index contributed by atoms with van der Waals surface area (Å²) in [5, 5.41) is 12.5. The molecule has 1 amide bonds.